The Morgan fingerprint density at radius 1 is 1.12 bits per heavy atom. The number of carbonyl (C=O) groups excluding carboxylic acids is 1. The second kappa shape index (κ2) is 8.36. The third-order valence-corrected chi connectivity index (χ3v) is 5.67. The fourth-order valence-corrected chi connectivity index (χ4v) is 4.30. The topological polar surface area (TPSA) is 38.3 Å². The van der Waals surface area contributed by atoms with E-state index in [-0.39, 0.29) is 5.91 Å². The van der Waals surface area contributed by atoms with Crippen molar-refractivity contribution in [1.82, 2.24) is 0 Å². The van der Waals surface area contributed by atoms with Gasteiger partial charge in [0.2, 0.25) is 0 Å². The van der Waals surface area contributed by atoms with Crippen LogP contribution < -0.4 is 5.32 Å². The highest BCUT2D eigenvalue weighted by Gasteiger charge is 2.18. The van der Waals surface area contributed by atoms with Crippen LogP contribution in [0.3, 0.4) is 0 Å². The van der Waals surface area contributed by atoms with Crippen LogP contribution in [0.15, 0.2) is 53.4 Å². The minimum absolute atomic E-state index is 0.0709. The SMILES string of the molecule is COCc1ccc(C(=O)Nc2ccccc2SC2CCCC2)cc1. The molecule has 4 heteroatoms. The molecule has 24 heavy (non-hydrogen) atoms. The summed E-state index contributed by atoms with van der Waals surface area (Å²) in [5.41, 5.74) is 2.63. The summed E-state index contributed by atoms with van der Waals surface area (Å²) in [6.07, 6.45) is 5.18. The van der Waals surface area contributed by atoms with Crippen molar-refractivity contribution in [3.63, 3.8) is 0 Å². The summed E-state index contributed by atoms with van der Waals surface area (Å²) in [5, 5.41) is 3.74. The maximum atomic E-state index is 12.5. The summed E-state index contributed by atoms with van der Waals surface area (Å²) in [6, 6.07) is 15.6. The standard InChI is InChI=1S/C20H23NO2S/c1-23-14-15-10-12-16(13-11-15)20(22)21-18-8-4-5-9-19(18)24-17-6-2-3-7-17/h4-5,8-13,17H,2-3,6-7,14H2,1H3,(H,21,22). The van der Waals surface area contributed by atoms with E-state index in [1.807, 2.05) is 54.2 Å². The first kappa shape index (κ1) is 17.1. The molecule has 0 radical (unpaired) electrons. The lowest BCUT2D eigenvalue weighted by atomic mass is 10.1. The maximum absolute atomic E-state index is 12.5. The Labute approximate surface area is 147 Å². The zero-order chi connectivity index (χ0) is 16.8. The van der Waals surface area contributed by atoms with Gasteiger partial charge in [0.1, 0.15) is 0 Å². The Kier molecular flexibility index (Phi) is 5.94. The van der Waals surface area contributed by atoms with Crippen LogP contribution in [-0.2, 0) is 11.3 Å². The van der Waals surface area contributed by atoms with Crippen molar-refractivity contribution in [2.45, 2.75) is 42.4 Å². The zero-order valence-electron chi connectivity index (χ0n) is 14.0. The highest BCUT2D eigenvalue weighted by Crippen LogP contribution is 2.38. The van der Waals surface area contributed by atoms with Gasteiger partial charge in [-0.05, 0) is 42.7 Å². The van der Waals surface area contributed by atoms with Crippen molar-refractivity contribution < 1.29 is 9.53 Å². The van der Waals surface area contributed by atoms with Crippen molar-refractivity contribution in [1.29, 1.82) is 0 Å². The van der Waals surface area contributed by atoms with E-state index in [9.17, 15) is 4.79 Å². The molecule has 0 unspecified atom stereocenters. The third-order valence-electron chi connectivity index (χ3n) is 4.26. The smallest absolute Gasteiger partial charge is 0.255 e. The summed E-state index contributed by atoms with van der Waals surface area (Å²) >= 11 is 1.89. The first-order valence-electron chi connectivity index (χ1n) is 8.41. The largest absolute Gasteiger partial charge is 0.380 e. The molecule has 1 aliphatic rings. The zero-order valence-corrected chi connectivity index (χ0v) is 14.8. The number of thioether (sulfide) groups is 1. The molecule has 1 saturated carbocycles. The van der Waals surface area contributed by atoms with Gasteiger partial charge in [0.15, 0.2) is 0 Å². The number of anilines is 1. The molecule has 126 valence electrons. The minimum Gasteiger partial charge on any atom is -0.380 e. The van der Waals surface area contributed by atoms with Gasteiger partial charge in [-0.25, -0.2) is 0 Å². The first-order valence-corrected chi connectivity index (χ1v) is 9.29. The quantitative estimate of drug-likeness (QED) is 0.792. The van der Waals surface area contributed by atoms with Crippen molar-refractivity contribution >= 4 is 23.4 Å². The number of carbonyl (C=O) groups is 1. The lowest BCUT2D eigenvalue weighted by Crippen LogP contribution is -2.12. The normalized spacial score (nSPS) is 14.7. The second-order valence-corrected chi connectivity index (χ2v) is 7.45. The average molecular weight is 341 g/mol. The summed E-state index contributed by atoms with van der Waals surface area (Å²) in [5.74, 6) is -0.0709. The van der Waals surface area contributed by atoms with Gasteiger partial charge in [0.25, 0.3) is 5.91 Å². The highest BCUT2D eigenvalue weighted by atomic mass is 32.2. The summed E-state index contributed by atoms with van der Waals surface area (Å²) in [7, 11) is 1.67. The Morgan fingerprint density at radius 3 is 2.54 bits per heavy atom. The molecule has 0 spiro atoms. The molecule has 3 nitrogen and oxygen atoms in total. The minimum atomic E-state index is -0.0709. The van der Waals surface area contributed by atoms with Gasteiger partial charge < -0.3 is 10.1 Å². The molecular weight excluding hydrogens is 318 g/mol. The number of benzene rings is 2. The van der Waals surface area contributed by atoms with Crippen LogP contribution in [0.25, 0.3) is 0 Å². The summed E-state index contributed by atoms with van der Waals surface area (Å²) in [4.78, 5) is 13.7. The second-order valence-electron chi connectivity index (χ2n) is 6.10. The van der Waals surface area contributed by atoms with Gasteiger partial charge in [-0.15, -0.1) is 11.8 Å². The van der Waals surface area contributed by atoms with Crippen LogP contribution in [0, 0.1) is 0 Å². The van der Waals surface area contributed by atoms with E-state index in [0.29, 0.717) is 17.4 Å². The van der Waals surface area contributed by atoms with Gasteiger partial charge in [0.05, 0.1) is 12.3 Å². The van der Waals surface area contributed by atoms with Crippen molar-refractivity contribution in [2.24, 2.45) is 0 Å². The maximum Gasteiger partial charge on any atom is 0.255 e. The monoisotopic (exact) mass is 341 g/mol. The molecule has 0 atom stereocenters. The van der Waals surface area contributed by atoms with E-state index < -0.39 is 0 Å². The molecule has 1 aliphatic carbocycles. The molecule has 3 rings (SSSR count). The van der Waals surface area contributed by atoms with Crippen LogP contribution in [-0.4, -0.2) is 18.3 Å². The average Bonchev–Trinajstić information content (AvgIpc) is 3.11. The number of hydrogen-bond donors (Lipinski definition) is 1. The van der Waals surface area contributed by atoms with Crippen LogP contribution in [0.1, 0.15) is 41.6 Å². The van der Waals surface area contributed by atoms with Crippen molar-refractivity contribution in [2.75, 3.05) is 12.4 Å². The number of ether oxygens (including phenoxy) is 1. The number of para-hydroxylation sites is 1. The molecule has 2 aromatic carbocycles. The van der Waals surface area contributed by atoms with Gasteiger partial charge in [-0.1, -0.05) is 37.1 Å². The fraction of sp³-hybridized carbons (Fsp3) is 0.350. The van der Waals surface area contributed by atoms with E-state index in [1.165, 1.54) is 25.7 Å². The number of rotatable bonds is 6. The van der Waals surface area contributed by atoms with Crippen molar-refractivity contribution in [3.8, 4) is 0 Å². The molecule has 0 bridgehead atoms. The Hall–Kier alpha value is -1.78. The predicted octanol–water partition coefficient (Wildman–Crippen LogP) is 5.12. The Morgan fingerprint density at radius 2 is 1.83 bits per heavy atom. The fourth-order valence-electron chi connectivity index (χ4n) is 2.97. The van der Waals surface area contributed by atoms with Crippen molar-refractivity contribution in [3.05, 3.63) is 59.7 Å². The molecule has 1 fully saturated rings. The van der Waals surface area contributed by atoms with E-state index in [2.05, 4.69) is 11.4 Å². The van der Waals surface area contributed by atoms with Crippen LogP contribution >= 0.6 is 11.8 Å². The molecular formula is C20H23NO2S. The molecule has 2 aromatic rings. The van der Waals surface area contributed by atoms with Gasteiger partial charge >= 0.3 is 0 Å². The Balaban J connectivity index is 1.69. The summed E-state index contributed by atoms with van der Waals surface area (Å²) in [6.45, 7) is 0.558. The molecule has 0 aliphatic heterocycles. The Bertz CT molecular complexity index is 678. The number of nitrogens with one attached hydrogen (secondary N) is 1. The van der Waals surface area contributed by atoms with Gasteiger partial charge in [-0.2, -0.15) is 0 Å². The highest BCUT2D eigenvalue weighted by molar-refractivity contribution is 8.00. The molecule has 0 aromatic heterocycles. The molecule has 0 saturated heterocycles. The number of methoxy groups -OCH3 is 1. The van der Waals surface area contributed by atoms with E-state index in [4.69, 9.17) is 4.74 Å². The van der Waals surface area contributed by atoms with Gasteiger partial charge in [-0.3, -0.25) is 4.79 Å². The summed E-state index contributed by atoms with van der Waals surface area (Å²) < 4.78 is 5.10. The van der Waals surface area contributed by atoms with E-state index in [1.54, 1.807) is 7.11 Å². The predicted molar refractivity (Wildman–Crippen MR) is 99.7 cm³/mol. The third kappa shape index (κ3) is 4.40. The van der Waals surface area contributed by atoms with Crippen LogP contribution in [0.5, 0.6) is 0 Å². The molecule has 1 N–H and O–H groups in total. The lowest BCUT2D eigenvalue weighted by Gasteiger charge is -2.14. The number of hydrogen-bond acceptors (Lipinski definition) is 3. The lowest BCUT2D eigenvalue weighted by molar-refractivity contribution is 0.102. The molecule has 1 amide bonds. The van der Waals surface area contributed by atoms with E-state index in [0.717, 1.165) is 16.1 Å². The number of amides is 1. The van der Waals surface area contributed by atoms with Crippen LogP contribution in [0.2, 0.25) is 0 Å². The first-order chi connectivity index (χ1) is 11.8. The molecule has 0 heterocycles. The van der Waals surface area contributed by atoms with E-state index >= 15 is 0 Å². The van der Waals surface area contributed by atoms with Crippen LogP contribution in [0.4, 0.5) is 5.69 Å². The van der Waals surface area contributed by atoms with Gasteiger partial charge in [0, 0.05) is 22.8 Å².